The smallest absolute Gasteiger partial charge is 0.166 e. The van der Waals surface area contributed by atoms with E-state index in [1.807, 2.05) is 12.1 Å². The van der Waals surface area contributed by atoms with Gasteiger partial charge in [0, 0.05) is 0 Å². The van der Waals surface area contributed by atoms with Gasteiger partial charge in [0.15, 0.2) is 0 Å². The summed E-state index contributed by atoms with van der Waals surface area (Å²) in [4.78, 5) is 0. The van der Waals surface area contributed by atoms with E-state index in [-0.39, 0.29) is 0 Å². The lowest BCUT2D eigenvalue weighted by Crippen LogP contribution is -2.61. The molecule has 4 aromatic carbocycles. The summed E-state index contributed by atoms with van der Waals surface area (Å²) < 4.78 is 39.8. The molecule has 0 radical (unpaired) electrons. The quantitative estimate of drug-likeness (QED) is 0.217. The van der Waals surface area contributed by atoms with Crippen molar-refractivity contribution in [1.29, 1.82) is 0 Å². The molecule has 0 N–H and O–H groups in total. The minimum absolute atomic E-state index is 0.588. The van der Waals surface area contributed by atoms with Crippen molar-refractivity contribution in [2.24, 2.45) is 0 Å². The molecule has 4 rings (SSSR count). The zero-order valence-corrected chi connectivity index (χ0v) is 21.3. The van der Waals surface area contributed by atoms with Gasteiger partial charge in [-0.2, -0.15) is 13.2 Å². The Morgan fingerprint density at radius 3 is 1.56 bits per heavy atom. The predicted molar refractivity (Wildman–Crippen MR) is 143 cm³/mol. The lowest BCUT2D eigenvalue weighted by atomic mass is 10.2. The normalized spacial score (nSPS) is 12.2. The summed E-state index contributed by atoms with van der Waals surface area (Å²) in [5.74, 6) is 0. The maximum absolute atomic E-state index is 13.3. The largest absolute Gasteiger partial charge is 0.416 e. The molecule has 0 unspecified atom stereocenters. The van der Waals surface area contributed by atoms with Crippen LogP contribution in [0.4, 0.5) is 13.2 Å². The molecule has 0 saturated carbocycles. The van der Waals surface area contributed by atoms with Crippen LogP contribution in [-0.2, 0) is 6.18 Å². The Morgan fingerprint density at radius 1 is 0.618 bits per heavy atom. The Balaban J connectivity index is 1.92. The van der Waals surface area contributed by atoms with Gasteiger partial charge in [-0.3, -0.25) is 0 Å². The third-order valence-corrected chi connectivity index (χ3v) is 14.7. The first-order valence-corrected chi connectivity index (χ1v) is 15.3. The zero-order valence-electron chi connectivity index (χ0n) is 19.4. The van der Waals surface area contributed by atoms with Gasteiger partial charge < -0.3 is 0 Å². The summed E-state index contributed by atoms with van der Waals surface area (Å²) in [7, 11) is -3.10. The highest BCUT2D eigenvalue weighted by atomic mass is 31.1. The van der Waals surface area contributed by atoms with Gasteiger partial charge in [0.25, 0.3) is 0 Å². The lowest BCUT2D eigenvalue weighted by molar-refractivity contribution is -0.137. The average molecular weight is 493 g/mol. The number of hydrogen-bond donors (Lipinski definition) is 0. The van der Waals surface area contributed by atoms with Crippen LogP contribution in [-0.4, -0.2) is 8.07 Å². The van der Waals surface area contributed by atoms with Gasteiger partial charge in [-0.15, -0.1) is 0 Å². The Kier molecular flexibility index (Phi) is 7.40. The second kappa shape index (κ2) is 10.3. The van der Waals surface area contributed by atoms with E-state index in [1.54, 1.807) is 12.1 Å². The van der Waals surface area contributed by atoms with E-state index < -0.39 is 27.7 Å². The molecular formula is C29H28F3PSi. The molecule has 5 heteroatoms. The molecule has 0 bridgehead atoms. The van der Waals surface area contributed by atoms with Crippen LogP contribution in [0.3, 0.4) is 0 Å². The Morgan fingerprint density at radius 2 is 1.09 bits per heavy atom. The SMILES string of the molecule is CC[Si](CC)(c1ccc(C(F)(F)F)cc1)c1ccccc1P(c1ccccc1)c1ccccc1. The van der Waals surface area contributed by atoms with E-state index in [4.69, 9.17) is 0 Å². The minimum atomic E-state index is -4.33. The Bertz CT molecular complexity index is 1160. The van der Waals surface area contributed by atoms with Crippen molar-refractivity contribution in [1.82, 2.24) is 0 Å². The molecular weight excluding hydrogens is 464 g/mol. The molecule has 34 heavy (non-hydrogen) atoms. The fraction of sp³-hybridized carbons (Fsp3) is 0.172. The van der Waals surface area contributed by atoms with Crippen LogP contribution in [0.2, 0.25) is 12.1 Å². The fourth-order valence-electron chi connectivity index (χ4n) is 4.83. The van der Waals surface area contributed by atoms with Crippen molar-refractivity contribution in [2.75, 3.05) is 0 Å². The van der Waals surface area contributed by atoms with Gasteiger partial charge >= 0.3 is 6.18 Å². The van der Waals surface area contributed by atoms with Crippen molar-refractivity contribution in [3.8, 4) is 0 Å². The minimum Gasteiger partial charge on any atom is -0.166 e. The van der Waals surface area contributed by atoms with E-state index in [0.29, 0.717) is 0 Å². The van der Waals surface area contributed by atoms with E-state index in [1.165, 1.54) is 33.2 Å². The Labute approximate surface area is 202 Å². The monoisotopic (exact) mass is 492 g/mol. The third kappa shape index (κ3) is 4.75. The van der Waals surface area contributed by atoms with Gasteiger partial charge in [0.05, 0.1) is 5.56 Å². The van der Waals surface area contributed by atoms with Crippen LogP contribution in [0, 0.1) is 0 Å². The van der Waals surface area contributed by atoms with Crippen molar-refractivity contribution in [3.63, 3.8) is 0 Å². The molecule has 0 aliphatic heterocycles. The number of alkyl halides is 3. The molecule has 0 heterocycles. The van der Waals surface area contributed by atoms with Crippen LogP contribution in [0.1, 0.15) is 19.4 Å². The topological polar surface area (TPSA) is 0 Å². The first-order chi connectivity index (χ1) is 16.4. The summed E-state index contributed by atoms with van der Waals surface area (Å²) in [6.07, 6.45) is -4.33. The van der Waals surface area contributed by atoms with Gasteiger partial charge in [-0.25, -0.2) is 0 Å². The van der Waals surface area contributed by atoms with Gasteiger partial charge in [0.1, 0.15) is 8.07 Å². The Hall–Kier alpha value is -2.68. The summed E-state index contributed by atoms with van der Waals surface area (Å²) >= 11 is 0. The zero-order chi connectivity index (χ0) is 24.2. The standard InChI is InChI=1S/C29H28F3PSi/c1-3-34(4-2,26-21-19-23(20-22-26)29(30,31)32)28-18-12-11-17-27(28)33(24-13-7-5-8-14-24)25-15-9-6-10-16-25/h5-22H,3-4H2,1-2H3. The molecule has 0 aliphatic rings. The van der Waals surface area contributed by atoms with Crippen LogP contribution >= 0.6 is 7.92 Å². The van der Waals surface area contributed by atoms with Crippen molar-refractivity contribution in [3.05, 3.63) is 115 Å². The second-order valence-electron chi connectivity index (χ2n) is 8.39. The van der Waals surface area contributed by atoms with E-state index in [2.05, 4.69) is 86.6 Å². The number of hydrogen-bond acceptors (Lipinski definition) is 0. The predicted octanol–water partition coefficient (Wildman–Crippen LogP) is 6.07. The molecule has 0 aliphatic carbocycles. The van der Waals surface area contributed by atoms with Gasteiger partial charge in [0.2, 0.25) is 0 Å². The maximum atomic E-state index is 13.3. The van der Waals surface area contributed by atoms with Gasteiger partial charge in [-0.05, 0) is 29.0 Å². The highest BCUT2D eigenvalue weighted by Gasteiger charge is 2.38. The van der Waals surface area contributed by atoms with Crippen molar-refractivity contribution >= 4 is 42.3 Å². The fourth-order valence-corrected chi connectivity index (χ4v) is 12.3. The number of benzene rings is 4. The second-order valence-corrected chi connectivity index (χ2v) is 15.3. The first-order valence-electron chi connectivity index (χ1n) is 11.6. The average Bonchev–Trinajstić information content (AvgIpc) is 2.87. The first kappa shape index (κ1) is 24.4. The number of halogens is 3. The molecule has 0 nitrogen and oxygen atoms in total. The van der Waals surface area contributed by atoms with Crippen LogP contribution in [0.25, 0.3) is 0 Å². The van der Waals surface area contributed by atoms with Crippen molar-refractivity contribution in [2.45, 2.75) is 32.1 Å². The van der Waals surface area contributed by atoms with Crippen LogP contribution < -0.4 is 26.3 Å². The summed E-state index contributed by atoms with van der Waals surface area (Å²) in [5, 5.41) is 6.26. The van der Waals surface area contributed by atoms with Crippen LogP contribution in [0.15, 0.2) is 109 Å². The highest BCUT2D eigenvalue weighted by molar-refractivity contribution is 7.80. The molecule has 4 aromatic rings. The summed E-state index contributed by atoms with van der Waals surface area (Å²) in [6.45, 7) is 4.38. The van der Waals surface area contributed by atoms with Crippen molar-refractivity contribution < 1.29 is 13.2 Å². The molecule has 0 atom stereocenters. The van der Waals surface area contributed by atoms with E-state index in [9.17, 15) is 13.2 Å². The van der Waals surface area contributed by atoms with Crippen LogP contribution in [0.5, 0.6) is 0 Å². The molecule has 0 amide bonds. The molecule has 0 spiro atoms. The van der Waals surface area contributed by atoms with Gasteiger partial charge in [-0.1, -0.05) is 140 Å². The maximum Gasteiger partial charge on any atom is 0.416 e. The molecule has 0 aromatic heterocycles. The molecule has 0 saturated heterocycles. The lowest BCUT2D eigenvalue weighted by Gasteiger charge is -2.35. The van der Waals surface area contributed by atoms with E-state index in [0.717, 1.165) is 17.3 Å². The highest BCUT2D eigenvalue weighted by Crippen LogP contribution is 2.34. The summed E-state index contributed by atoms with van der Waals surface area (Å²) in [6, 6.07) is 37.6. The number of rotatable bonds is 7. The molecule has 0 fully saturated rings. The summed E-state index contributed by atoms with van der Waals surface area (Å²) in [5.41, 5.74) is -0.588. The molecule has 174 valence electrons. The van der Waals surface area contributed by atoms with E-state index >= 15 is 0 Å². The third-order valence-electron chi connectivity index (χ3n) is 6.66.